The lowest BCUT2D eigenvalue weighted by atomic mass is 9.69. The number of urea groups is 1. The van der Waals surface area contributed by atoms with Crippen molar-refractivity contribution in [1.29, 1.82) is 0 Å². The second-order valence-electron chi connectivity index (χ2n) is 5.17. The fourth-order valence-corrected chi connectivity index (χ4v) is 2.26. The first-order chi connectivity index (χ1) is 9.62. The zero-order valence-corrected chi connectivity index (χ0v) is 11.3. The van der Waals surface area contributed by atoms with Crippen molar-refractivity contribution in [2.75, 3.05) is 13.1 Å². The second kappa shape index (κ2) is 6.40. The summed E-state index contributed by atoms with van der Waals surface area (Å²) in [6.45, 7) is 1.48. The van der Waals surface area contributed by atoms with E-state index in [1.165, 1.54) is 0 Å². The van der Waals surface area contributed by atoms with Crippen molar-refractivity contribution < 1.29 is 14.7 Å². The lowest BCUT2D eigenvalue weighted by Gasteiger charge is -2.37. The smallest absolute Gasteiger partial charge is 0.314 e. The van der Waals surface area contributed by atoms with Gasteiger partial charge in [-0.3, -0.25) is 9.48 Å². The van der Waals surface area contributed by atoms with E-state index in [0.29, 0.717) is 19.4 Å². The summed E-state index contributed by atoms with van der Waals surface area (Å²) in [5.41, 5.74) is -0.744. The van der Waals surface area contributed by atoms with E-state index in [1.807, 2.05) is 12.3 Å². The molecule has 1 fully saturated rings. The summed E-state index contributed by atoms with van der Waals surface area (Å²) in [4.78, 5) is 22.7. The minimum absolute atomic E-state index is 0.202. The molecule has 1 aliphatic carbocycles. The number of aryl methyl sites for hydroxylation is 1. The molecule has 110 valence electrons. The normalized spacial score (nSPS) is 16.2. The van der Waals surface area contributed by atoms with Gasteiger partial charge in [0.05, 0.1) is 5.41 Å². The van der Waals surface area contributed by atoms with Gasteiger partial charge in [-0.1, -0.05) is 6.42 Å². The summed E-state index contributed by atoms with van der Waals surface area (Å²) in [6.07, 6.45) is 6.56. The minimum atomic E-state index is -0.817. The van der Waals surface area contributed by atoms with E-state index in [0.717, 1.165) is 19.4 Å². The Kier molecular flexibility index (Phi) is 4.60. The molecule has 7 heteroatoms. The molecule has 7 nitrogen and oxygen atoms in total. The lowest BCUT2D eigenvalue weighted by Crippen LogP contribution is -2.49. The van der Waals surface area contributed by atoms with Crippen LogP contribution < -0.4 is 10.6 Å². The molecular weight excluding hydrogens is 260 g/mol. The molecule has 2 rings (SSSR count). The summed E-state index contributed by atoms with van der Waals surface area (Å²) >= 11 is 0. The van der Waals surface area contributed by atoms with Gasteiger partial charge in [0.25, 0.3) is 0 Å². The number of carbonyl (C=O) groups excluding carboxylic acids is 1. The predicted molar refractivity (Wildman–Crippen MR) is 72.2 cm³/mol. The summed E-state index contributed by atoms with van der Waals surface area (Å²) < 4.78 is 1.80. The fourth-order valence-electron chi connectivity index (χ4n) is 2.26. The molecule has 0 bridgehead atoms. The second-order valence-corrected chi connectivity index (χ2v) is 5.17. The number of hydrogen-bond donors (Lipinski definition) is 3. The zero-order chi connectivity index (χ0) is 14.4. The van der Waals surface area contributed by atoms with E-state index >= 15 is 0 Å². The molecule has 0 unspecified atom stereocenters. The van der Waals surface area contributed by atoms with Crippen LogP contribution in [-0.2, 0) is 11.3 Å². The largest absolute Gasteiger partial charge is 0.481 e. The van der Waals surface area contributed by atoms with Crippen LogP contribution in [-0.4, -0.2) is 40.0 Å². The summed E-state index contributed by atoms with van der Waals surface area (Å²) in [7, 11) is 0. The number of amides is 2. The van der Waals surface area contributed by atoms with Crippen LogP contribution in [0.4, 0.5) is 4.79 Å². The molecule has 20 heavy (non-hydrogen) atoms. The number of aliphatic carboxylic acids is 1. The number of aromatic nitrogens is 2. The minimum Gasteiger partial charge on any atom is -0.481 e. The third-order valence-electron chi connectivity index (χ3n) is 3.76. The molecule has 3 N–H and O–H groups in total. The van der Waals surface area contributed by atoms with E-state index in [-0.39, 0.29) is 12.6 Å². The first-order valence-corrected chi connectivity index (χ1v) is 6.85. The summed E-state index contributed by atoms with van der Waals surface area (Å²) in [6, 6.07) is 1.54. The van der Waals surface area contributed by atoms with Crippen LogP contribution in [0, 0.1) is 5.41 Å². The highest BCUT2D eigenvalue weighted by molar-refractivity contribution is 5.78. The van der Waals surface area contributed by atoms with E-state index in [2.05, 4.69) is 15.7 Å². The molecule has 0 radical (unpaired) electrons. The Morgan fingerprint density at radius 3 is 2.70 bits per heavy atom. The van der Waals surface area contributed by atoms with Crippen LogP contribution in [0.25, 0.3) is 0 Å². The summed E-state index contributed by atoms with van der Waals surface area (Å²) in [5.74, 6) is -0.817. The highest BCUT2D eigenvalue weighted by Crippen LogP contribution is 2.40. The zero-order valence-electron chi connectivity index (χ0n) is 11.3. The van der Waals surface area contributed by atoms with Crippen LogP contribution in [0.15, 0.2) is 18.5 Å². The topological polar surface area (TPSA) is 96.3 Å². The monoisotopic (exact) mass is 280 g/mol. The van der Waals surface area contributed by atoms with Gasteiger partial charge in [-0.05, 0) is 25.3 Å². The number of hydrogen-bond acceptors (Lipinski definition) is 3. The average Bonchev–Trinajstić information content (AvgIpc) is 2.86. The van der Waals surface area contributed by atoms with E-state index in [9.17, 15) is 9.59 Å². The van der Waals surface area contributed by atoms with Gasteiger partial charge in [-0.25, -0.2) is 4.79 Å². The van der Waals surface area contributed by atoms with Gasteiger partial charge in [0.1, 0.15) is 0 Å². The Hall–Kier alpha value is -2.05. The molecule has 0 atom stereocenters. The van der Waals surface area contributed by atoms with Crippen molar-refractivity contribution in [2.45, 2.75) is 32.2 Å². The van der Waals surface area contributed by atoms with Gasteiger partial charge in [0.15, 0.2) is 0 Å². The Balaban J connectivity index is 1.59. The van der Waals surface area contributed by atoms with Crippen LogP contribution in [0.3, 0.4) is 0 Å². The molecule has 1 heterocycles. The average molecular weight is 280 g/mol. The molecular formula is C13H20N4O3. The van der Waals surface area contributed by atoms with Gasteiger partial charge in [0, 0.05) is 32.0 Å². The van der Waals surface area contributed by atoms with Gasteiger partial charge >= 0.3 is 12.0 Å². The van der Waals surface area contributed by atoms with Gasteiger partial charge in [0.2, 0.25) is 0 Å². The van der Waals surface area contributed by atoms with Crippen molar-refractivity contribution in [1.82, 2.24) is 20.4 Å². The molecule has 1 aromatic rings. The molecule has 0 saturated heterocycles. The maximum atomic E-state index is 11.6. The quantitative estimate of drug-likeness (QED) is 0.644. The first kappa shape index (κ1) is 14.4. The number of rotatable bonds is 7. The highest BCUT2D eigenvalue weighted by Gasteiger charge is 2.44. The standard InChI is InChI=1S/C13H20N4O3/c18-11(19)13(4-1-5-13)10-15-12(20)14-6-2-8-17-9-3-7-16-17/h3,7,9H,1-2,4-6,8,10H2,(H,18,19)(H2,14,15,20). The van der Waals surface area contributed by atoms with Crippen LogP contribution in [0.5, 0.6) is 0 Å². The Labute approximate surface area is 117 Å². The van der Waals surface area contributed by atoms with E-state index < -0.39 is 11.4 Å². The molecule has 1 saturated carbocycles. The summed E-state index contributed by atoms with van der Waals surface area (Å²) in [5, 5.41) is 18.6. The molecule has 0 aliphatic heterocycles. The number of nitrogens with zero attached hydrogens (tertiary/aromatic N) is 2. The van der Waals surface area contributed by atoms with Crippen molar-refractivity contribution in [2.24, 2.45) is 5.41 Å². The maximum absolute atomic E-state index is 11.6. The molecule has 0 aromatic carbocycles. The number of nitrogens with one attached hydrogen (secondary N) is 2. The number of carboxylic acid groups (broad SMARTS) is 1. The van der Waals surface area contributed by atoms with Crippen molar-refractivity contribution in [3.8, 4) is 0 Å². The Bertz CT molecular complexity index is 454. The van der Waals surface area contributed by atoms with Crippen LogP contribution in [0.2, 0.25) is 0 Å². The highest BCUT2D eigenvalue weighted by atomic mass is 16.4. The Morgan fingerprint density at radius 2 is 2.15 bits per heavy atom. The van der Waals surface area contributed by atoms with Gasteiger partial charge in [-0.2, -0.15) is 5.10 Å². The molecule has 1 aromatic heterocycles. The van der Waals surface area contributed by atoms with Crippen molar-refractivity contribution >= 4 is 12.0 Å². The number of carboxylic acids is 1. The van der Waals surface area contributed by atoms with E-state index in [1.54, 1.807) is 10.9 Å². The third-order valence-corrected chi connectivity index (χ3v) is 3.76. The van der Waals surface area contributed by atoms with Crippen LogP contribution >= 0.6 is 0 Å². The molecule has 1 aliphatic rings. The predicted octanol–water partition coefficient (Wildman–Crippen LogP) is 0.827. The first-order valence-electron chi connectivity index (χ1n) is 6.85. The van der Waals surface area contributed by atoms with Gasteiger partial charge in [-0.15, -0.1) is 0 Å². The molecule has 2 amide bonds. The fraction of sp³-hybridized carbons (Fsp3) is 0.615. The third kappa shape index (κ3) is 3.49. The van der Waals surface area contributed by atoms with Crippen molar-refractivity contribution in [3.05, 3.63) is 18.5 Å². The van der Waals surface area contributed by atoms with Gasteiger partial charge < -0.3 is 15.7 Å². The Morgan fingerprint density at radius 1 is 1.35 bits per heavy atom. The lowest BCUT2D eigenvalue weighted by molar-refractivity contribution is -0.153. The molecule has 0 spiro atoms. The van der Waals surface area contributed by atoms with Crippen molar-refractivity contribution in [3.63, 3.8) is 0 Å². The van der Waals surface area contributed by atoms with E-state index in [4.69, 9.17) is 5.11 Å². The number of carbonyl (C=O) groups is 2. The van der Waals surface area contributed by atoms with Crippen LogP contribution in [0.1, 0.15) is 25.7 Å². The SMILES string of the molecule is O=C(NCCCn1cccn1)NCC1(C(=O)O)CCC1. The maximum Gasteiger partial charge on any atom is 0.314 e.